The molecule has 0 aliphatic carbocycles. The summed E-state index contributed by atoms with van der Waals surface area (Å²) >= 11 is 1.27. The van der Waals surface area contributed by atoms with E-state index in [0.29, 0.717) is 23.1 Å². The highest BCUT2D eigenvalue weighted by Crippen LogP contribution is 2.28. The molecule has 0 atom stereocenters. The minimum atomic E-state index is -0.330. The van der Waals surface area contributed by atoms with Gasteiger partial charge < -0.3 is 4.90 Å². The molecule has 33 heavy (non-hydrogen) atoms. The quantitative estimate of drug-likeness (QED) is 0.344. The summed E-state index contributed by atoms with van der Waals surface area (Å²) in [5.41, 5.74) is 2.29. The van der Waals surface area contributed by atoms with Gasteiger partial charge in [-0.05, 0) is 48.5 Å². The maximum atomic E-state index is 13.4. The van der Waals surface area contributed by atoms with Crippen LogP contribution in [0.4, 0.5) is 10.1 Å². The zero-order chi connectivity index (χ0) is 23.0. The molecule has 0 saturated heterocycles. The summed E-state index contributed by atoms with van der Waals surface area (Å²) in [5, 5.41) is 18.2. The van der Waals surface area contributed by atoms with Gasteiger partial charge in [0.05, 0.1) is 18.2 Å². The second-order valence-corrected chi connectivity index (χ2v) is 8.00. The Kier molecular flexibility index (Phi) is 7.12. The van der Waals surface area contributed by atoms with E-state index < -0.39 is 0 Å². The monoisotopic (exact) mass is 457 g/mol. The van der Waals surface area contributed by atoms with E-state index in [1.165, 1.54) is 23.9 Å². The number of hydrogen-bond donors (Lipinski definition) is 0. The Morgan fingerprint density at radius 3 is 2.30 bits per heavy atom. The Morgan fingerprint density at radius 2 is 1.64 bits per heavy atom. The predicted octanol–water partition coefficient (Wildman–Crippen LogP) is 5.11. The van der Waals surface area contributed by atoms with E-state index in [9.17, 15) is 9.18 Å². The standard InChI is InChI=1S/C25H20FN5OS/c26-20-14-12-19(13-15-20)24-28-29-25(31(24)22-10-5-2-6-11-22)33-18-23(32)30(17-7-16-27)21-8-3-1-4-9-21/h1-6,8-15H,7,17-18H2. The van der Waals surface area contributed by atoms with Gasteiger partial charge in [0.1, 0.15) is 5.82 Å². The minimum absolute atomic E-state index is 0.120. The highest BCUT2D eigenvalue weighted by atomic mass is 32.2. The number of hydrogen-bond acceptors (Lipinski definition) is 5. The van der Waals surface area contributed by atoms with Gasteiger partial charge in [-0.15, -0.1) is 10.2 Å². The van der Waals surface area contributed by atoms with E-state index in [2.05, 4.69) is 16.3 Å². The second-order valence-electron chi connectivity index (χ2n) is 7.06. The van der Waals surface area contributed by atoms with Crippen LogP contribution in [-0.4, -0.2) is 33.0 Å². The Bertz CT molecular complexity index is 1250. The van der Waals surface area contributed by atoms with Crippen LogP contribution in [0.25, 0.3) is 17.1 Å². The predicted molar refractivity (Wildman–Crippen MR) is 127 cm³/mol. The van der Waals surface area contributed by atoms with Crippen LogP contribution in [0, 0.1) is 17.1 Å². The number of anilines is 1. The number of nitrogens with zero attached hydrogens (tertiary/aromatic N) is 5. The van der Waals surface area contributed by atoms with E-state index in [0.717, 1.165) is 11.4 Å². The Hall–Kier alpha value is -3.96. The molecule has 8 heteroatoms. The largest absolute Gasteiger partial charge is 0.311 e. The highest BCUT2D eigenvalue weighted by Gasteiger charge is 2.20. The van der Waals surface area contributed by atoms with E-state index >= 15 is 0 Å². The van der Waals surface area contributed by atoms with Crippen molar-refractivity contribution >= 4 is 23.4 Å². The van der Waals surface area contributed by atoms with Gasteiger partial charge in [0, 0.05) is 23.5 Å². The van der Waals surface area contributed by atoms with E-state index in [4.69, 9.17) is 5.26 Å². The van der Waals surface area contributed by atoms with Gasteiger partial charge in [-0.1, -0.05) is 48.2 Å². The van der Waals surface area contributed by atoms with Crippen molar-refractivity contribution in [3.05, 3.63) is 90.7 Å². The molecule has 164 valence electrons. The first-order valence-corrected chi connectivity index (χ1v) is 11.3. The van der Waals surface area contributed by atoms with Crippen molar-refractivity contribution in [2.75, 3.05) is 17.2 Å². The number of carbonyl (C=O) groups is 1. The molecular formula is C25H20FN5OS. The van der Waals surface area contributed by atoms with E-state index in [-0.39, 0.29) is 23.9 Å². The van der Waals surface area contributed by atoms with Crippen LogP contribution in [0.1, 0.15) is 6.42 Å². The number of nitriles is 1. The van der Waals surface area contributed by atoms with Gasteiger partial charge in [0.25, 0.3) is 0 Å². The molecule has 0 aliphatic rings. The van der Waals surface area contributed by atoms with E-state index in [1.54, 1.807) is 17.0 Å². The van der Waals surface area contributed by atoms with Crippen LogP contribution in [0.5, 0.6) is 0 Å². The van der Waals surface area contributed by atoms with Crippen molar-refractivity contribution in [1.29, 1.82) is 5.26 Å². The minimum Gasteiger partial charge on any atom is -0.311 e. The molecule has 0 saturated carbocycles. The molecule has 4 rings (SSSR count). The summed E-state index contributed by atoms with van der Waals surface area (Å²) in [4.78, 5) is 14.7. The fourth-order valence-corrected chi connectivity index (χ4v) is 4.16. The summed E-state index contributed by atoms with van der Waals surface area (Å²) < 4.78 is 15.3. The lowest BCUT2D eigenvalue weighted by Crippen LogP contribution is -2.33. The zero-order valence-electron chi connectivity index (χ0n) is 17.6. The van der Waals surface area contributed by atoms with Gasteiger partial charge in [0.2, 0.25) is 5.91 Å². The number of carbonyl (C=O) groups excluding carboxylic acids is 1. The van der Waals surface area contributed by atoms with E-state index in [1.807, 2.05) is 65.2 Å². The number of para-hydroxylation sites is 2. The van der Waals surface area contributed by atoms with Crippen molar-refractivity contribution < 1.29 is 9.18 Å². The molecule has 0 aliphatic heterocycles. The average Bonchev–Trinajstić information content (AvgIpc) is 3.28. The summed E-state index contributed by atoms with van der Waals surface area (Å²) in [5.74, 6) is 0.213. The van der Waals surface area contributed by atoms with Crippen molar-refractivity contribution in [2.24, 2.45) is 0 Å². The Morgan fingerprint density at radius 1 is 0.970 bits per heavy atom. The molecule has 0 spiro atoms. The zero-order valence-corrected chi connectivity index (χ0v) is 18.5. The third-order valence-electron chi connectivity index (χ3n) is 4.89. The van der Waals surface area contributed by atoms with Crippen molar-refractivity contribution in [3.8, 4) is 23.1 Å². The van der Waals surface area contributed by atoms with Gasteiger partial charge in [-0.2, -0.15) is 5.26 Å². The normalized spacial score (nSPS) is 10.5. The van der Waals surface area contributed by atoms with Crippen molar-refractivity contribution in [1.82, 2.24) is 14.8 Å². The van der Waals surface area contributed by atoms with Crippen LogP contribution >= 0.6 is 11.8 Å². The third-order valence-corrected chi connectivity index (χ3v) is 5.80. The summed E-state index contributed by atoms with van der Waals surface area (Å²) in [6, 6.07) is 27.0. The number of benzene rings is 3. The maximum absolute atomic E-state index is 13.4. The number of rotatable bonds is 8. The average molecular weight is 458 g/mol. The molecular weight excluding hydrogens is 437 g/mol. The molecule has 3 aromatic carbocycles. The Balaban J connectivity index is 1.62. The lowest BCUT2D eigenvalue weighted by Gasteiger charge is -2.21. The topological polar surface area (TPSA) is 74.8 Å². The maximum Gasteiger partial charge on any atom is 0.237 e. The van der Waals surface area contributed by atoms with Crippen LogP contribution in [0.15, 0.2) is 90.1 Å². The van der Waals surface area contributed by atoms with Crippen molar-refractivity contribution in [2.45, 2.75) is 11.6 Å². The lowest BCUT2D eigenvalue weighted by molar-refractivity contribution is -0.116. The summed E-state index contributed by atoms with van der Waals surface area (Å²) in [6.45, 7) is 0.312. The molecule has 0 unspecified atom stereocenters. The van der Waals surface area contributed by atoms with Crippen LogP contribution in [0.3, 0.4) is 0 Å². The third kappa shape index (κ3) is 5.27. The van der Waals surface area contributed by atoms with Gasteiger partial charge >= 0.3 is 0 Å². The first-order chi connectivity index (χ1) is 16.2. The lowest BCUT2D eigenvalue weighted by atomic mass is 10.2. The number of amides is 1. The number of halogens is 1. The fourth-order valence-electron chi connectivity index (χ4n) is 3.33. The first kappa shape index (κ1) is 22.2. The molecule has 0 radical (unpaired) electrons. The SMILES string of the molecule is N#CCCN(C(=O)CSc1nnc(-c2ccc(F)cc2)n1-c1ccccc1)c1ccccc1. The summed E-state index contributed by atoms with van der Waals surface area (Å²) in [6.07, 6.45) is 0.236. The molecule has 1 amide bonds. The molecule has 1 heterocycles. The van der Waals surface area contributed by atoms with Crippen molar-refractivity contribution in [3.63, 3.8) is 0 Å². The van der Waals surface area contributed by atoms with Crippen LogP contribution < -0.4 is 4.90 Å². The molecule has 4 aromatic rings. The fraction of sp³-hybridized carbons (Fsp3) is 0.120. The van der Waals surface area contributed by atoms with Crippen LogP contribution in [0.2, 0.25) is 0 Å². The molecule has 0 bridgehead atoms. The molecule has 0 fully saturated rings. The molecule has 0 N–H and O–H groups in total. The Labute approximate surface area is 195 Å². The smallest absolute Gasteiger partial charge is 0.237 e. The number of aromatic nitrogens is 3. The van der Waals surface area contributed by atoms with Gasteiger partial charge in [-0.25, -0.2) is 4.39 Å². The van der Waals surface area contributed by atoms with Gasteiger partial charge in [-0.3, -0.25) is 9.36 Å². The molecule has 6 nitrogen and oxygen atoms in total. The van der Waals surface area contributed by atoms with Crippen LogP contribution in [-0.2, 0) is 4.79 Å². The number of thioether (sulfide) groups is 1. The highest BCUT2D eigenvalue weighted by molar-refractivity contribution is 7.99. The van der Waals surface area contributed by atoms with Gasteiger partial charge in [0.15, 0.2) is 11.0 Å². The second kappa shape index (κ2) is 10.6. The first-order valence-electron chi connectivity index (χ1n) is 10.3. The summed E-state index contributed by atoms with van der Waals surface area (Å²) in [7, 11) is 0. The molecule has 1 aromatic heterocycles.